The molecule has 4 aromatic carbocycles. The van der Waals surface area contributed by atoms with Crippen molar-refractivity contribution in [3.05, 3.63) is 125 Å². The standard InChI is InChI=1S/C36H33N3O9S/c1-47-28-18-17-26(20-29(28)48-2)35(43,44)36(45,46)38-31(40)21-30-33(42)39(27-10-6-9-25(19-27)32(37)41)34(49-30)24-15-13-23(14-16-24)12-11-22-7-4-3-5-8-22/h3-10,13-20,30,34,43-46H,21H2,1-2H3,(H2,37,41)(H,38,40). The number of benzene rings is 4. The van der Waals surface area contributed by atoms with E-state index in [1.165, 1.54) is 37.3 Å². The SMILES string of the molecule is COc1ccc(C(O)(O)C(O)(O)NC(=O)CC2SC(c3ccc(C#Cc4ccccc4)cc3)N(c3cccc(C(N)=O)c3)C2=O)cc1OC. The summed E-state index contributed by atoms with van der Waals surface area (Å²) in [7, 11) is 2.67. The Morgan fingerprint density at radius 1 is 0.857 bits per heavy atom. The molecule has 0 aliphatic carbocycles. The number of nitrogens with one attached hydrogen (secondary N) is 1. The third-order valence-electron chi connectivity index (χ3n) is 7.73. The molecule has 0 aromatic heterocycles. The molecular formula is C36H33N3O9S. The van der Waals surface area contributed by atoms with Gasteiger partial charge in [-0.2, -0.15) is 0 Å². The van der Waals surface area contributed by atoms with Gasteiger partial charge in [-0.1, -0.05) is 48.2 Å². The Kier molecular flexibility index (Phi) is 10.3. The minimum absolute atomic E-state index is 0.0605. The number of carbonyl (C=O) groups excluding carboxylic acids is 3. The Morgan fingerprint density at radius 3 is 2.14 bits per heavy atom. The molecular weight excluding hydrogens is 650 g/mol. The van der Waals surface area contributed by atoms with Gasteiger partial charge in [-0.25, -0.2) is 0 Å². The van der Waals surface area contributed by atoms with E-state index < -0.39 is 52.0 Å². The zero-order valence-corrected chi connectivity index (χ0v) is 27.2. The van der Waals surface area contributed by atoms with Crippen LogP contribution in [0.4, 0.5) is 5.69 Å². The Labute approximate surface area is 286 Å². The third-order valence-corrected chi connectivity index (χ3v) is 9.16. The number of amides is 3. The minimum Gasteiger partial charge on any atom is -0.493 e. The highest BCUT2D eigenvalue weighted by atomic mass is 32.2. The van der Waals surface area contributed by atoms with E-state index >= 15 is 0 Å². The Hall–Kier alpha value is -5.36. The van der Waals surface area contributed by atoms with Crippen molar-refractivity contribution in [2.45, 2.75) is 28.7 Å². The number of anilines is 1. The van der Waals surface area contributed by atoms with Crippen LogP contribution in [0, 0.1) is 11.8 Å². The molecule has 4 aromatic rings. The number of nitrogens with zero attached hydrogens (tertiary/aromatic N) is 1. The summed E-state index contributed by atoms with van der Waals surface area (Å²) >= 11 is 1.12. The summed E-state index contributed by atoms with van der Waals surface area (Å²) in [4.78, 5) is 40.4. The van der Waals surface area contributed by atoms with Gasteiger partial charge in [0.05, 0.1) is 19.5 Å². The summed E-state index contributed by atoms with van der Waals surface area (Å²) in [5, 5.41) is 43.0. The van der Waals surface area contributed by atoms with Gasteiger partial charge in [-0.15, -0.1) is 11.8 Å². The van der Waals surface area contributed by atoms with Crippen molar-refractivity contribution in [3.63, 3.8) is 0 Å². The van der Waals surface area contributed by atoms with Crippen LogP contribution >= 0.6 is 11.8 Å². The number of hydrogen-bond donors (Lipinski definition) is 6. The van der Waals surface area contributed by atoms with Crippen LogP contribution in [0.1, 0.15) is 44.4 Å². The zero-order valence-electron chi connectivity index (χ0n) is 26.4. The maximum Gasteiger partial charge on any atom is 0.308 e. The van der Waals surface area contributed by atoms with Crippen molar-refractivity contribution < 1.29 is 44.3 Å². The van der Waals surface area contributed by atoms with Crippen LogP contribution in [0.25, 0.3) is 0 Å². The van der Waals surface area contributed by atoms with Gasteiger partial charge in [0, 0.05) is 34.4 Å². The fraction of sp³-hybridized carbons (Fsp3) is 0.194. The van der Waals surface area contributed by atoms with Gasteiger partial charge in [-0.05, 0) is 66.2 Å². The fourth-order valence-electron chi connectivity index (χ4n) is 5.13. The number of carbonyl (C=O) groups is 3. The molecule has 1 aliphatic heterocycles. The van der Waals surface area contributed by atoms with Crippen molar-refractivity contribution in [1.29, 1.82) is 0 Å². The first-order chi connectivity index (χ1) is 23.3. The predicted molar refractivity (Wildman–Crippen MR) is 181 cm³/mol. The Morgan fingerprint density at radius 2 is 1.51 bits per heavy atom. The van der Waals surface area contributed by atoms with Crippen molar-refractivity contribution in [2.75, 3.05) is 19.1 Å². The molecule has 0 bridgehead atoms. The normalized spacial score (nSPS) is 16.0. The quantitative estimate of drug-likeness (QED) is 0.107. The number of ether oxygens (including phenoxy) is 2. The first kappa shape index (κ1) is 35.0. The summed E-state index contributed by atoms with van der Waals surface area (Å²) in [5.74, 6) is -2.79. The number of thioether (sulfide) groups is 1. The molecule has 2 atom stereocenters. The second-order valence-corrected chi connectivity index (χ2v) is 12.3. The molecule has 13 heteroatoms. The molecule has 3 amide bonds. The van der Waals surface area contributed by atoms with Gasteiger partial charge in [0.2, 0.25) is 17.7 Å². The molecule has 5 rings (SSSR count). The van der Waals surface area contributed by atoms with E-state index in [1.807, 2.05) is 35.6 Å². The van der Waals surface area contributed by atoms with Crippen LogP contribution in [0.3, 0.4) is 0 Å². The van der Waals surface area contributed by atoms with E-state index in [-0.39, 0.29) is 17.1 Å². The lowest BCUT2D eigenvalue weighted by atomic mass is 10.0. The topological polar surface area (TPSA) is 192 Å². The summed E-state index contributed by atoms with van der Waals surface area (Å²) in [6.45, 7) is 0. The lowest BCUT2D eigenvalue weighted by Gasteiger charge is -2.35. The lowest BCUT2D eigenvalue weighted by molar-refractivity contribution is -0.375. The lowest BCUT2D eigenvalue weighted by Crippen LogP contribution is -2.63. The summed E-state index contributed by atoms with van der Waals surface area (Å²) < 4.78 is 10.3. The second-order valence-electron chi connectivity index (χ2n) is 11.0. The van der Waals surface area contributed by atoms with Gasteiger partial charge in [0.25, 0.3) is 5.79 Å². The van der Waals surface area contributed by atoms with Crippen molar-refractivity contribution >= 4 is 35.2 Å². The van der Waals surface area contributed by atoms with Crippen molar-refractivity contribution in [2.24, 2.45) is 5.73 Å². The number of aliphatic hydroxyl groups is 4. The summed E-state index contributed by atoms with van der Waals surface area (Å²) in [5.41, 5.74) is 7.85. The van der Waals surface area contributed by atoms with E-state index in [1.54, 1.807) is 36.4 Å². The average molecular weight is 684 g/mol. The maximum absolute atomic E-state index is 13.9. The molecule has 0 saturated carbocycles. The monoisotopic (exact) mass is 683 g/mol. The molecule has 0 radical (unpaired) electrons. The van der Waals surface area contributed by atoms with Gasteiger partial charge in [-0.3, -0.25) is 19.3 Å². The van der Waals surface area contributed by atoms with Crippen LogP contribution in [-0.4, -0.2) is 63.5 Å². The third kappa shape index (κ3) is 7.54. The van der Waals surface area contributed by atoms with E-state index in [4.69, 9.17) is 15.2 Å². The smallest absolute Gasteiger partial charge is 0.308 e. The van der Waals surface area contributed by atoms with Gasteiger partial charge < -0.3 is 41.0 Å². The second kappa shape index (κ2) is 14.4. The molecule has 1 fully saturated rings. The molecule has 49 heavy (non-hydrogen) atoms. The average Bonchev–Trinajstić information content (AvgIpc) is 3.42. The zero-order chi connectivity index (χ0) is 35.3. The number of rotatable bonds is 10. The largest absolute Gasteiger partial charge is 0.493 e. The number of methoxy groups -OCH3 is 2. The first-order valence-electron chi connectivity index (χ1n) is 14.8. The van der Waals surface area contributed by atoms with E-state index in [0.29, 0.717) is 11.3 Å². The summed E-state index contributed by atoms with van der Waals surface area (Å²) in [6, 6.07) is 26.4. The molecule has 1 heterocycles. The molecule has 1 aliphatic rings. The maximum atomic E-state index is 13.9. The van der Waals surface area contributed by atoms with Crippen molar-refractivity contribution in [1.82, 2.24) is 5.32 Å². The fourth-order valence-corrected chi connectivity index (χ4v) is 6.58. The summed E-state index contributed by atoms with van der Waals surface area (Å²) in [6.07, 6.45) is -0.572. The molecule has 2 unspecified atom stereocenters. The van der Waals surface area contributed by atoms with Crippen LogP contribution in [0.15, 0.2) is 97.1 Å². The Balaban J connectivity index is 1.39. The molecule has 7 N–H and O–H groups in total. The first-order valence-corrected chi connectivity index (χ1v) is 15.8. The molecule has 1 saturated heterocycles. The van der Waals surface area contributed by atoms with Crippen LogP contribution < -0.4 is 25.4 Å². The molecule has 252 valence electrons. The van der Waals surface area contributed by atoms with Crippen LogP contribution in [0.2, 0.25) is 0 Å². The number of nitrogens with two attached hydrogens (primary N) is 1. The molecule has 0 spiro atoms. The number of primary amides is 1. The molecule has 12 nitrogen and oxygen atoms in total. The van der Waals surface area contributed by atoms with E-state index in [9.17, 15) is 34.8 Å². The predicted octanol–water partition coefficient (Wildman–Crippen LogP) is 2.33. The van der Waals surface area contributed by atoms with E-state index in [2.05, 4.69) is 11.8 Å². The van der Waals surface area contributed by atoms with Gasteiger partial charge >= 0.3 is 5.91 Å². The minimum atomic E-state index is -3.60. The van der Waals surface area contributed by atoms with Gasteiger partial charge in [0.1, 0.15) is 5.37 Å². The van der Waals surface area contributed by atoms with E-state index in [0.717, 1.165) is 35.0 Å². The van der Waals surface area contributed by atoms with Gasteiger partial charge in [0.15, 0.2) is 11.5 Å². The highest BCUT2D eigenvalue weighted by molar-refractivity contribution is 8.01. The van der Waals surface area contributed by atoms with Crippen LogP contribution in [-0.2, 0) is 15.4 Å². The number of hydrogen-bond acceptors (Lipinski definition) is 10. The Bertz CT molecular complexity index is 1920. The van der Waals surface area contributed by atoms with Crippen LogP contribution in [0.5, 0.6) is 11.5 Å². The highest BCUT2D eigenvalue weighted by Crippen LogP contribution is 2.47. The highest BCUT2D eigenvalue weighted by Gasteiger charge is 2.52. The van der Waals surface area contributed by atoms with Crippen molar-refractivity contribution in [3.8, 4) is 23.3 Å².